The van der Waals surface area contributed by atoms with Crippen LogP contribution in [0.5, 0.6) is 5.75 Å². The van der Waals surface area contributed by atoms with Crippen molar-refractivity contribution in [3.8, 4) is 5.75 Å². The van der Waals surface area contributed by atoms with Gasteiger partial charge in [0.15, 0.2) is 0 Å². The van der Waals surface area contributed by atoms with E-state index in [9.17, 15) is 4.79 Å². The zero-order valence-corrected chi connectivity index (χ0v) is 13.0. The number of amides is 1. The molecule has 0 radical (unpaired) electrons. The lowest BCUT2D eigenvalue weighted by Gasteiger charge is -2.14. The lowest BCUT2D eigenvalue weighted by Crippen LogP contribution is -2.39. The van der Waals surface area contributed by atoms with E-state index in [1.807, 2.05) is 48.1 Å². The number of nitrogens with zero attached hydrogens (tertiary/aromatic N) is 2. The van der Waals surface area contributed by atoms with Crippen molar-refractivity contribution in [3.63, 3.8) is 0 Å². The van der Waals surface area contributed by atoms with Gasteiger partial charge in [-0.2, -0.15) is 5.10 Å². The van der Waals surface area contributed by atoms with Gasteiger partial charge in [-0.05, 0) is 30.7 Å². The zero-order chi connectivity index (χ0) is 15.8. The molecule has 1 heterocycles. The van der Waals surface area contributed by atoms with Crippen molar-refractivity contribution in [1.29, 1.82) is 0 Å². The standard InChI is InChI=1S/C16H22N4O2/c1-13(12-20-8-4-7-19-20)17-11-16(21)18-10-14-5-3-6-15(9-14)22-2/h3-9,13,17H,10-12H2,1-2H3,(H,18,21). The van der Waals surface area contributed by atoms with E-state index < -0.39 is 0 Å². The molecule has 1 aromatic carbocycles. The van der Waals surface area contributed by atoms with Gasteiger partial charge in [0.05, 0.1) is 20.2 Å². The third-order valence-electron chi connectivity index (χ3n) is 3.26. The van der Waals surface area contributed by atoms with Crippen LogP contribution < -0.4 is 15.4 Å². The number of nitrogens with one attached hydrogen (secondary N) is 2. The Morgan fingerprint density at radius 3 is 3.00 bits per heavy atom. The highest BCUT2D eigenvalue weighted by Crippen LogP contribution is 2.11. The summed E-state index contributed by atoms with van der Waals surface area (Å²) >= 11 is 0. The van der Waals surface area contributed by atoms with E-state index in [-0.39, 0.29) is 18.5 Å². The number of hydrogen-bond donors (Lipinski definition) is 2. The summed E-state index contributed by atoms with van der Waals surface area (Å²) in [7, 11) is 1.63. The lowest BCUT2D eigenvalue weighted by molar-refractivity contribution is -0.120. The summed E-state index contributed by atoms with van der Waals surface area (Å²) in [6.45, 7) is 3.53. The van der Waals surface area contributed by atoms with Crippen molar-refractivity contribution >= 4 is 5.91 Å². The Balaban J connectivity index is 1.69. The number of ether oxygens (including phenoxy) is 1. The number of aromatic nitrogens is 2. The number of methoxy groups -OCH3 is 1. The molecule has 0 fully saturated rings. The molecule has 1 aromatic heterocycles. The molecule has 1 unspecified atom stereocenters. The van der Waals surface area contributed by atoms with E-state index >= 15 is 0 Å². The fourth-order valence-corrected chi connectivity index (χ4v) is 2.07. The first-order chi connectivity index (χ1) is 10.7. The summed E-state index contributed by atoms with van der Waals surface area (Å²) in [4.78, 5) is 11.9. The molecule has 1 amide bonds. The first-order valence-corrected chi connectivity index (χ1v) is 7.28. The van der Waals surface area contributed by atoms with Crippen LogP contribution in [0.15, 0.2) is 42.7 Å². The number of carbonyl (C=O) groups is 1. The van der Waals surface area contributed by atoms with Crippen LogP contribution in [0.2, 0.25) is 0 Å². The van der Waals surface area contributed by atoms with E-state index in [1.54, 1.807) is 13.3 Å². The smallest absolute Gasteiger partial charge is 0.234 e. The summed E-state index contributed by atoms with van der Waals surface area (Å²) in [5, 5.41) is 10.2. The third kappa shape index (κ3) is 5.21. The van der Waals surface area contributed by atoms with Crippen LogP contribution in [0.4, 0.5) is 0 Å². The van der Waals surface area contributed by atoms with Gasteiger partial charge >= 0.3 is 0 Å². The molecular weight excluding hydrogens is 280 g/mol. The minimum Gasteiger partial charge on any atom is -0.497 e. The van der Waals surface area contributed by atoms with E-state index in [4.69, 9.17) is 4.74 Å². The maximum atomic E-state index is 11.9. The van der Waals surface area contributed by atoms with Gasteiger partial charge in [0.2, 0.25) is 5.91 Å². The molecule has 0 spiro atoms. The van der Waals surface area contributed by atoms with E-state index in [2.05, 4.69) is 15.7 Å². The molecule has 0 bridgehead atoms. The Morgan fingerprint density at radius 2 is 2.27 bits per heavy atom. The van der Waals surface area contributed by atoms with Crippen molar-refractivity contribution in [2.45, 2.75) is 26.1 Å². The maximum Gasteiger partial charge on any atom is 0.234 e. The second kappa shape index (κ2) is 8.19. The minimum absolute atomic E-state index is 0.0323. The molecule has 0 saturated heterocycles. The fraction of sp³-hybridized carbons (Fsp3) is 0.375. The molecule has 1 atom stereocenters. The Morgan fingerprint density at radius 1 is 1.41 bits per heavy atom. The second-order valence-electron chi connectivity index (χ2n) is 5.14. The SMILES string of the molecule is COc1cccc(CNC(=O)CNC(C)Cn2cccn2)c1. The maximum absolute atomic E-state index is 11.9. The van der Waals surface area contributed by atoms with Crippen molar-refractivity contribution in [2.24, 2.45) is 0 Å². The Hall–Kier alpha value is -2.34. The zero-order valence-electron chi connectivity index (χ0n) is 13.0. The van der Waals surface area contributed by atoms with Crippen LogP contribution in [0.25, 0.3) is 0 Å². The van der Waals surface area contributed by atoms with Gasteiger partial charge in [0, 0.05) is 25.0 Å². The number of rotatable bonds is 8. The predicted molar refractivity (Wildman–Crippen MR) is 84.5 cm³/mol. The lowest BCUT2D eigenvalue weighted by atomic mass is 10.2. The summed E-state index contributed by atoms with van der Waals surface area (Å²) in [5.41, 5.74) is 1.01. The minimum atomic E-state index is -0.0323. The second-order valence-corrected chi connectivity index (χ2v) is 5.14. The quantitative estimate of drug-likeness (QED) is 0.768. The Bertz CT molecular complexity index is 584. The molecule has 2 rings (SSSR count). The molecule has 22 heavy (non-hydrogen) atoms. The normalized spacial score (nSPS) is 11.9. The van der Waals surface area contributed by atoms with Gasteiger partial charge in [-0.3, -0.25) is 9.48 Å². The van der Waals surface area contributed by atoms with E-state index in [1.165, 1.54) is 0 Å². The average molecular weight is 302 g/mol. The first-order valence-electron chi connectivity index (χ1n) is 7.28. The summed E-state index contributed by atoms with van der Waals surface area (Å²) in [5.74, 6) is 0.757. The number of carbonyl (C=O) groups excluding carboxylic acids is 1. The molecule has 2 aromatic rings. The van der Waals surface area contributed by atoms with Gasteiger partial charge in [-0.25, -0.2) is 0 Å². The summed E-state index contributed by atoms with van der Waals surface area (Å²) in [6.07, 6.45) is 3.65. The largest absolute Gasteiger partial charge is 0.497 e. The van der Waals surface area contributed by atoms with Crippen molar-refractivity contribution in [3.05, 3.63) is 48.3 Å². The topological polar surface area (TPSA) is 68.2 Å². The predicted octanol–water partition coefficient (Wildman–Crippen LogP) is 1.19. The van der Waals surface area contributed by atoms with Crippen LogP contribution >= 0.6 is 0 Å². The van der Waals surface area contributed by atoms with Crippen LogP contribution in [0.1, 0.15) is 12.5 Å². The molecule has 118 valence electrons. The number of hydrogen-bond acceptors (Lipinski definition) is 4. The van der Waals surface area contributed by atoms with E-state index in [0.717, 1.165) is 17.9 Å². The molecular formula is C16H22N4O2. The van der Waals surface area contributed by atoms with E-state index in [0.29, 0.717) is 6.54 Å². The monoisotopic (exact) mass is 302 g/mol. The molecule has 0 aliphatic rings. The summed E-state index contributed by atoms with van der Waals surface area (Å²) < 4.78 is 7.00. The molecule has 2 N–H and O–H groups in total. The molecule has 0 aliphatic carbocycles. The van der Waals surface area contributed by atoms with Gasteiger partial charge in [0.1, 0.15) is 5.75 Å². The van der Waals surface area contributed by atoms with Crippen LogP contribution in [-0.2, 0) is 17.9 Å². The van der Waals surface area contributed by atoms with Crippen molar-refractivity contribution in [1.82, 2.24) is 20.4 Å². The van der Waals surface area contributed by atoms with Crippen LogP contribution in [0.3, 0.4) is 0 Å². The fourth-order valence-electron chi connectivity index (χ4n) is 2.07. The molecule has 0 aliphatic heterocycles. The first kappa shape index (κ1) is 16.0. The highest BCUT2D eigenvalue weighted by molar-refractivity contribution is 5.78. The highest BCUT2D eigenvalue weighted by atomic mass is 16.5. The third-order valence-corrected chi connectivity index (χ3v) is 3.26. The van der Waals surface area contributed by atoms with Gasteiger partial charge in [-0.15, -0.1) is 0 Å². The Kier molecular flexibility index (Phi) is 5.97. The van der Waals surface area contributed by atoms with Gasteiger partial charge < -0.3 is 15.4 Å². The van der Waals surface area contributed by atoms with Crippen LogP contribution in [-0.4, -0.2) is 35.4 Å². The Labute approximate surface area is 130 Å². The molecule has 6 heteroatoms. The highest BCUT2D eigenvalue weighted by Gasteiger charge is 2.06. The summed E-state index contributed by atoms with van der Waals surface area (Å²) in [6, 6.07) is 9.70. The van der Waals surface area contributed by atoms with Crippen LogP contribution in [0, 0.1) is 0 Å². The molecule has 0 saturated carbocycles. The van der Waals surface area contributed by atoms with Crippen molar-refractivity contribution < 1.29 is 9.53 Å². The van der Waals surface area contributed by atoms with Gasteiger partial charge in [0.25, 0.3) is 0 Å². The van der Waals surface area contributed by atoms with Gasteiger partial charge in [-0.1, -0.05) is 12.1 Å². The molecule has 6 nitrogen and oxygen atoms in total. The van der Waals surface area contributed by atoms with Crippen molar-refractivity contribution in [2.75, 3.05) is 13.7 Å². The average Bonchev–Trinajstić information content (AvgIpc) is 3.04. The number of benzene rings is 1.